The zero-order chi connectivity index (χ0) is 18.1. The quantitative estimate of drug-likeness (QED) is 0.531. The normalized spacial score (nSPS) is 10.9. The minimum absolute atomic E-state index is 0.626. The van der Waals surface area contributed by atoms with E-state index < -0.39 is 0 Å². The van der Waals surface area contributed by atoms with E-state index in [9.17, 15) is 0 Å². The molecule has 0 radical (unpaired) electrons. The van der Waals surface area contributed by atoms with Gasteiger partial charge in [-0.25, -0.2) is 0 Å². The third-order valence-corrected chi connectivity index (χ3v) is 4.55. The predicted octanol–water partition coefficient (Wildman–Crippen LogP) is 3.26. The van der Waals surface area contributed by atoms with Crippen molar-refractivity contribution in [3.8, 4) is 0 Å². The molecule has 0 aliphatic heterocycles. The molecular weight excluding hydrogens is 330 g/mol. The summed E-state index contributed by atoms with van der Waals surface area (Å²) in [6, 6.07) is 10.3. The summed E-state index contributed by atoms with van der Waals surface area (Å²) >= 11 is 5.35. The van der Waals surface area contributed by atoms with Crippen molar-refractivity contribution in [1.82, 2.24) is 20.0 Å². The van der Waals surface area contributed by atoms with Crippen LogP contribution in [-0.2, 0) is 6.54 Å². The number of rotatable bonds is 9. The number of benzene rings is 1. The summed E-state index contributed by atoms with van der Waals surface area (Å²) in [6.07, 6.45) is 3.04. The molecule has 2 aromatic rings. The number of aryl methyl sites for hydroxylation is 1. The van der Waals surface area contributed by atoms with E-state index >= 15 is 0 Å². The maximum absolute atomic E-state index is 5.35. The number of aromatic nitrogens is 2. The summed E-state index contributed by atoms with van der Waals surface area (Å²) in [6.45, 7) is 11.4. The molecular formula is C19H29N5S. The van der Waals surface area contributed by atoms with E-state index in [2.05, 4.69) is 65.7 Å². The summed E-state index contributed by atoms with van der Waals surface area (Å²) in [7, 11) is 0. The Balaban J connectivity index is 1.75. The van der Waals surface area contributed by atoms with Crippen LogP contribution in [0, 0.1) is 6.92 Å². The molecule has 0 aliphatic rings. The number of nitrogens with zero attached hydrogens (tertiary/aromatic N) is 3. The fraction of sp³-hybridized carbons (Fsp3) is 0.474. The monoisotopic (exact) mass is 359 g/mol. The lowest BCUT2D eigenvalue weighted by molar-refractivity contribution is 0.300. The van der Waals surface area contributed by atoms with Gasteiger partial charge in [-0.3, -0.25) is 4.68 Å². The number of anilines is 1. The molecule has 2 N–H and O–H groups in total. The highest BCUT2D eigenvalue weighted by atomic mass is 32.1. The highest BCUT2D eigenvalue weighted by molar-refractivity contribution is 7.80. The van der Waals surface area contributed by atoms with Crippen molar-refractivity contribution in [2.75, 3.05) is 31.5 Å². The number of hydrogen-bond acceptors (Lipinski definition) is 3. The van der Waals surface area contributed by atoms with Crippen LogP contribution < -0.4 is 10.6 Å². The van der Waals surface area contributed by atoms with E-state index in [1.807, 2.05) is 16.9 Å². The molecule has 1 aromatic heterocycles. The van der Waals surface area contributed by atoms with Gasteiger partial charge < -0.3 is 15.5 Å². The molecule has 6 heteroatoms. The van der Waals surface area contributed by atoms with E-state index in [-0.39, 0.29) is 0 Å². The average molecular weight is 360 g/mol. The molecule has 1 aromatic carbocycles. The van der Waals surface area contributed by atoms with Gasteiger partial charge in [-0.1, -0.05) is 38.1 Å². The average Bonchev–Trinajstić information content (AvgIpc) is 3.04. The fourth-order valence-electron chi connectivity index (χ4n) is 2.68. The van der Waals surface area contributed by atoms with Crippen LogP contribution in [0.1, 0.15) is 31.4 Å². The lowest BCUT2D eigenvalue weighted by atomic mass is 10.1. The maximum atomic E-state index is 5.35. The van der Waals surface area contributed by atoms with E-state index in [1.165, 1.54) is 11.1 Å². The van der Waals surface area contributed by atoms with Gasteiger partial charge in [0.2, 0.25) is 0 Å². The van der Waals surface area contributed by atoms with E-state index in [0.717, 1.165) is 45.0 Å². The molecule has 0 saturated heterocycles. The Bertz CT molecular complexity index is 663. The highest BCUT2D eigenvalue weighted by Gasteiger charge is 2.04. The molecule has 5 nitrogen and oxygen atoms in total. The van der Waals surface area contributed by atoms with Gasteiger partial charge in [-0.05, 0) is 56.3 Å². The second-order valence-corrected chi connectivity index (χ2v) is 6.49. The third-order valence-electron chi connectivity index (χ3n) is 4.31. The summed E-state index contributed by atoms with van der Waals surface area (Å²) in [5.41, 5.74) is 2.55. The first-order chi connectivity index (χ1) is 12.1. The fourth-order valence-corrected chi connectivity index (χ4v) is 2.89. The molecule has 0 aliphatic carbocycles. The topological polar surface area (TPSA) is 45.1 Å². The Morgan fingerprint density at radius 2 is 1.96 bits per heavy atom. The van der Waals surface area contributed by atoms with Crippen LogP contribution in [0.3, 0.4) is 0 Å². The number of thiocarbonyl (C=S) groups is 1. The molecule has 25 heavy (non-hydrogen) atoms. The van der Waals surface area contributed by atoms with Crippen LogP contribution in [-0.4, -0.2) is 46.0 Å². The van der Waals surface area contributed by atoms with E-state index in [4.69, 9.17) is 12.2 Å². The van der Waals surface area contributed by atoms with Crippen molar-refractivity contribution in [2.45, 2.75) is 33.7 Å². The van der Waals surface area contributed by atoms with Crippen molar-refractivity contribution in [3.63, 3.8) is 0 Å². The maximum Gasteiger partial charge on any atom is 0.171 e. The summed E-state index contributed by atoms with van der Waals surface area (Å²) in [5, 5.41) is 11.6. The Labute approximate surface area is 156 Å². The summed E-state index contributed by atoms with van der Waals surface area (Å²) in [5.74, 6) is 0.773. The van der Waals surface area contributed by atoms with Crippen LogP contribution in [0.15, 0.2) is 36.5 Å². The summed E-state index contributed by atoms with van der Waals surface area (Å²) < 4.78 is 1.92. The van der Waals surface area contributed by atoms with Crippen LogP contribution in [0.2, 0.25) is 0 Å². The van der Waals surface area contributed by atoms with E-state index in [0.29, 0.717) is 5.11 Å². The molecule has 0 spiro atoms. The van der Waals surface area contributed by atoms with Gasteiger partial charge in [-0.2, -0.15) is 5.10 Å². The van der Waals surface area contributed by atoms with Gasteiger partial charge in [0.15, 0.2) is 10.9 Å². The van der Waals surface area contributed by atoms with Gasteiger partial charge in [0.05, 0.1) is 6.54 Å². The Morgan fingerprint density at radius 3 is 2.68 bits per heavy atom. The first kappa shape index (κ1) is 19.4. The van der Waals surface area contributed by atoms with Crippen molar-refractivity contribution >= 4 is 23.1 Å². The minimum Gasteiger partial charge on any atom is -0.362 e. The molecule has 0 saturated carbocycles. The molecule has 0 unspecified atom stereocenters. The SMILES string of the molecule is CCN(CC)CCCNC(=S)Nc1ccn(Cc2ccccc2C)n1. The van der Waals surface area contributed by atoms with Crippen molar-refractivity contribution in [3.05, 3.63) is 47.7 Å². The smallest absolute Gasteiger partial charge is 0.171 e. The largest absolute Gasteiger partial charge is 0.362 e. The lowest BCUT2D eigenvalue weighted by Gasteiger charge is -2.18. The number of nitrogens with one attached hydrogen (secondary N) is 2. The standard InChI is InChI=1S/C19H29N5S/c1-4-23(5-2)13-8-12-20-19(25)21-18-11-14-24(22-18)15-17-10-7-6-9-16(17)3/h6-7,9-11,14H,4-5,8,12-13,15H2,1-3H3,(H2,20,21,22,25). The molecule has 2 rings (SSSR count). The molecule has 0 amide bonds. The summed E-state index contributed by atoms with van der Waals surface area (Å²) in [4.78, 5) is 2.41. The predicted molar refractivity (Wildman–Crippen MR) is 109 cm³/mol. The van der Waals surface area contributed by atoms with Crippen molar-refractivity contribution < 1.29 is 0 Å². The second-order valence-electron chi connectivity index (χ2n) is 6.09. The molecule has 0 bridgehead atoms. The Hall–Kier alpha value is -1.92. The zero-order valence-corrected chi connectivity index (χ0v) is 16.3. The second kappa shape index (κ2) is 10.2. The van der Waals surface area contributed by atoms with Gasteiger partial charge in [-0.15, -0.1) is 0 Å². The van der Waals surface area contributed by atoms with E-state index in [1.54, 1.807) is 0 Å². The van der Waals surface area contributed by atoms with Crippen LogP contribution in [0.25, 0.3) is 0 Å². The van der Waals surface area contributed by atoms with Gasteiger partial charge in [0.1, 0.15) is 0 Å². The first-order valence-electron chi connectivity index (χ1n) is 8.97. The van der Waals surface area contributed by atoms with Crippen LogP contribution in [0.5, 0.6) is 0 Å². The highest BCUT2D eigenvalue weighted by Crippen LogP contribution is 2.10. The minimum atomic E-state index is 0.626. The molecule has 0 atom stereocenters. The van der Waals surface area contributed by atoms with Crippen LogP contribution in [0.4, 0.5) is 5.82 Å². The number of hydrogen-bond donors (Lipinski definition) is 2. The Morgan fingerprint density at radius 1 is 1.20 bits per heavy atom. The zero-order valence-electron chi connectivity index (χ0n) is 15.5. The molecule has 0 fully saturated rings. The van der Waals surface area contributed by atoms with Gasteiger partial charge in [0, 0.05) is 18.8 Å². The molecule has 1 heterocycles. The molecule has 136 valence electrons. The van der Waals surface area contributed by atoms with Crippen molar-refractivity contribution in [1.29, 1.82) is 0 Å². The third kappa shape index (κ3) is 6.48. The van der Waals surface area contributed by atoms with Gasteiger partial charge >= 0.3 is 0 Å². The lowest BCUT2D eigenvalue weighted by Crippen LogP contribution is -2.32. The Kier molecular flexibility index (Phi) is 7.88. The van der Waals surface area contributed by atoms with Gasteiger partial charge in [0.25, 0.3) is 0 Å². The van der Waals surface area contributed by atoms with Crippen LogP contribution >= 0.6 is 12.2 Å². The first-order valence-corrected chi connectivity index (χ1v) is 9.38. The van der Waals surface area contributed by atoms with Crippen molar-refractivity contribution in [2.24, 2.45) is 0 Å².